The summed E-state index contributed by atoms with van der Waals surface area (Å²) >= 11 is 1.66. The van der Waals surface area contributed by atoms with Gasteiger partial charge in [0.05, 0.1) is 5.56 Å². The van der Waals surface area contributed by atoms with E-state index in [2.05, 4.69) is 0 Å². The lowest BCUT2D eigenvalue weighted by molar-refractivity contribution is -0.137. The summed E-state index contributed by atoms with van der Waals surface area (Å²) < 4.78 is 41.2. The summed E-state index contributed by atoms with van der Waals surface area (Å²) in [5.74, 6) is 0. The van der Waals surface area contributed by atoms with Crippen molar-refractivity contribution in [1.82, 2.24) is 0 Å². The summed E-state index contributed by atoms with van der Waals surface area (Å²) in [5.41, 5.74) is 0.812. The Balaban J connectivity index is 2.03. The molecule has 4 heteroatoms. The number of benzene rings is 3. The van der Waals surface area contributed by atoms with Crippen LogP contribution in [0.3, 0.4) is 0 Å². The number of fused-ring (bicyclic) bond motifs is 3. The molecule has 0 saturated carbocycles. The van der Waals surface area contributed by atoms with Crippen molar-refractivity contribution in [2.75, 3.05) is 0 Å². The van der Waals surface area contributed by atoms with Crippen LogP contribution in [-0.2, 0) is 6.18 Å². The number of alkyl halides is 3. The molecule has 0 atom stereocenters. The van der Waals surface area contributed by atoms with Gasteiger partial charge in [-0.25, -0.2) is 0 Å². The van der Waals surface area contributed by atoms with E-state index in [1.807, 2.05) is 42.5 Å². The van der Waals surface area contributed by atoms with Crippen molar-refractivity contribution < 1.29 is 13.2 Å². The molecular formula is C19H11F3S. The maximum atomic E-state index is 13.0. The number of hydrogen-bond donors (Lipinski definition) is 0. The lowest BCUT2D eigenvalue weighted by Crippen LogP contribution is -2.04. The fourth-order valence-electron chi connectivity index (χ4n) is 2.88. The molecule has 0 aliphatic rings. The van der Waals surface area contributed by atoms with E-state index in [9.17, 15) is 13.2 Å². The van der Waals surface area contributed by atoms with E-state index < -0.39 is 11.7 Å². The SMILES string of the molecule is FC(F)(F)c1cccc(-c2cccc3sc4ccccc4c23)c1. The monoisotopic (exact) mass is 328 g/mol. The molecule has 4 aromatic rings. The van der Waals surface area contributed by atoms with Crippen LogP contribution in [0.25, 0.3) is 31.3 Å². The second-order valence-corrected chi connectivity index (χ2v) is 6.44. The van der Waals surface area contributed by atoms with Gasteiger partial charge in [-0.3, -0.25) is 0 Å². The average molecular weight is 328 g/mol. The molecule has 0 nitrogen and oxygen atoms in total. The maximum Gasteiger partial charge on any atom is 0.416 e. The van der Waals surface area contributed by atoms with Gasteiger partial charge < -0.3 is 0 Å². The van der Waals surface area contributed by atoms with Crippen LogP contribution in [0.1, 0.15) is 5.56 Å². The Morgan fingerprint density at radius 3 is 2.30 bits per heavy atom. The van der Waals surface area contributed by atoms with Crippen molar-refractivity contribution in [3.05, 3.63) is 72.3 Å². The first-order valence-electron chi connectivity index (χ1n) is 7.12. The van der Waals surface area contributed by atoms with E-state index in [1.54, 1.807) is 17.4 Å². The number of rotatable bonds is 1. The number of hydrogen-bond acceptors (Lipinski definition) is 1. The molecule has 0 radical (unpaired) electrons. The molecule has 4 rings (SSSR count). The Bertz CT molecular complexity index is 1010. The van der Waals surface area contributed by atoms with Gasteiger partial charge in [-0.15, -0.1) is 11.3 Å². The predicted molar refractivity (Wildman–Crippen MR) is 89.8 cm³/mol. The van der Waals surface area contributed by atoms with Crippen molar-refractivity contribution in [1.29, 1.82) is 0 Å². The van der Waals surface area contributed by atoms with Gasteiger partial charge in [0, 0.05) is 20.2 Å². The summed E-state index contributed by atoms with van der Waals surface area (Å²) in [4.78, 5) is 0. The van der Waals surface area contributed by atoms with E-state index >= 15 is 0 Å². The molecular weight excluding hydrogens is 317 g/mol. The topological polar surface area (TPSA) is 0 Å². The van der Waals surface area contributed by atoms with Crippen LogP contribution in [0, 0.1) is 0 Å². The van der Waals surface area contributed by atoms with Gasteiger partial charge in [-0.1, -0.05) is 42.5 Å². The molecule has 0 aliphatic carbocycles. The number of thiophene rings is 1. The van der Waals surface area contributed by atoms with E-state index in [4.69, 9.17) is 0 Å². The zero-order chi connectivity index (χ0) is 16.0. The highest BCUT2D eigenvalue weighted by Gasteiger charge is 2.30. The Morgan fingerprint density at radius 1 is 0.739 bits per heavy atom. The van der Waals surface area contributed by atoms with E-state index in [1.165, 1.54) is 12.1 Å². The van der Waals surface area contributed by atoms with Crippen LogP contribution in [0.4, 0.5) is 13.2 Å². The predicted octanol–water partition coefficient (Wildman–Crippen LogP) is 6.74. The highest BCUT2D eigenvalue weighted by molar-refractivity contribution is 7.25. The van der Waals surface area contributed by atoms with Gasteiger partial charge in [0.2, 0.25) is 0 Å². The molecule has 1 heterocycles. The minimum atomic E-state index is -4.33. The Morgan fingerprint density at radius 2 is 1.48 bits per heavy atom. The Kier molecular flexibility index (Phi) is 3.16. The fraction of sp³-hybridized carbons (Fsp3) is 0.0526. The third kappa shape index (κ3) is 2.39. The second kappa shape index (κ2) is 5.10. The highest BCUT2D eigenvalue weighted by Crippen LogP contribution is 2.40. The van der Waals surface area contributed by atoms with Crippen molar-refractivity contribution in [2.24, 2.45) is 0 Å². The van der Waals surface area contributed by atoms with Crippen LogP contribution < -0.4 is 0 Å². The lowest BCUT2D eigenvalue weighted by atomic mass is 9.98. The molecule has 0 N–H and O–H groups in total. The molecule has 23 heavy (non-hydrogen) atoms. The van der Waals surface area contributed by atoms with Gasteiger partial charge in [-0.2, -0.15) is 13.2 Å². The van der Waals surface area contributed by atoms with Gasteiger partial charge in [0.25, 0.3) is 0 Å². The third-order valence-electron chi connectivity index (χ3n) is 3.90. The average Bonchev–Trinajstić information content (AvgIpc) is 2.93. The van der Waals surface area contributed by atoms with Crippen molar-refractivity contribution in [3.63, 3.8) is 0 Å². The lowest BCUT2D eigenvalue weighted by Gasteiger charge is -2.10. The first kappa shape index (κ1) is 14.3. The molecule has 1 aromatic heterocycles. The van der Waals surface area contributed by atoms with E-state index in [0.717, 1.165) is 31.8 Å². The van der Waals surface area contributed by atoms with Crippen LogP contribution in [0.5, 0.6) is 0 Å². The molecule has 0 fully saturated rings. The standard InChI is InChI=1S/C19H11F3S/c20-19(21,22)13-6-3-5-12(11-13)14-8-4-10-17-18(14)15-7-1-2-9-16(15)23-17/h1-11H. The largest absolute Gasteiger partial charge is 0.416 e. The van der Waals surface area contributed by atoms with Gasteiger partial charge in [0.15, 0.2) is 0 Å². The molecule has 0 aliphatic heterocycles. The molecule has 3 aromatic carbocycles. The van der Waals surface area contributed by atoms with Gasteiger partial charge in [-0.05, 0) is 35.4 Å². The van der Waals surface area contributed by atoms with Crippen LogP contribution in [-0.4, -0.2) is 0 Å². The maximum absolute atomic E-state index is 13.0. The zero-order valence-electron chi connectivity index (χ0n) is 11.9. The summed E-state index contributed by atoms with van der Waals surface area (Å²) in [6.07, 6.45) is -4.33. The molecule has 0 amide bonds. The van der Waals surface area contributed by atoms with Gasteiger partial charge in [0.1, 0.15) is 0 Å². The minimum absolute atomic E-state index is 0.592. The van der Waals surface area contributed by atoms with Gasteiger partial charge >= 0.3 is 6.18 Å². The smallest absolute Gasteiger partial charge is 0.166 e. The minimum Gasteiger partial charge on any atom is -0.166 e. The molecule has 0 unspecified atom stereocenters. The zero-order valence-corrected chi connectivity index (χ0v) is 12.7. The first-order valence-corrected chi connectivity index (χ1v) is 7.93. The van der Waals surface area contributed by atoms with E-state index in [-0.39, 0.29) is 0 Å². The van der Waals surface area contributed by atoms with Crippen LogP contribution >= 0.6 is 11.3 Å². The van der Waals surface area contributed by atoms with Crippen molar-refractivity contribution >= 4 is 31.5 Å². The summed E-state index contributed by atoms with van der Waals surface area (Å²) in [6.45, 7) is 0. The van der Waals surface area contributed by atoms with Crippen LogP contribution in [0.2, 0.25) is 0 Å². The summed E-state index contributed by atoms with van der Waals surface area (Å²) in [5, 5.41) is 2.10. The van der Waals surface area contributed by atoms with Crippen LogP contribution in [0.15, 0.2) is 66.7 Å². The van der Waals surface area contributed by atoms with Crippen molar-refractivity contribution in [3.8, 4) is 11.1 Å². The normalized spacial score (nSPS) is 12.1. The summed E-state index contributed by atoms with van der Waals surface area (Å²) in [6, 6.07) is 19.3. The molecule has 114 valence electrons. The highest BCUT2D eigenvalue weighted by atomic mass is 32.1. The van der Waals surface area contributed by atoms with Crippen molar-refractivity contribution in [2.45, 2.75) is 6.18 Å². The third-order valence-corrected chi connectivity index (χ3v) is 5.04. The molecule has 0 bridgehead atoms. The fourth-order valence-corrected chi connectivity index (χ4v) is 4.01. The summed E-state index contributed by atoms with van der Waals surface area (Å²) in [7, 11) is 0. The Labute approximate surface area is 134 Å². The quantitative estimate of drug-likeness (QED) is 0.363. The van der Waals surface area contributed by atoms with E-state index in [0.29, 0.717) is 5.56 Å². The molecule has 0 spiro atoms. The first-order chi connectivity index (χ1) is 11.0. The molecule has 0 saturated heterocycles. The second-order valence-electron chi connectivity index (χ2n) is 5.36. The number of halogens is 3. The Hall–Kier alpha value is -2.33.